The monoisotopic (exact) mass is 399 g/mol. The first-order valence-electron chi connectivity index (χ1n) is 9.43. The molecule has 0 amide bonds. The van der Waals surface area contributed by atoms with E-state index in [1.54, 1.807) is 13.8 Å². The third-order valence-electron chi connectivity index (χ3n) is 4.59. The number of aromatic nitrogens is 2. The molecule has 2 aromatic rings. The quantitative estimate of drug-likeness (QED) is 0.583. The maximum atomic E-state index is 12.4. The molecule has 0 aliphatic rings. The van der Waals surface area contributed by atoms with Crippen LogP contribution in [0.15, 0.2) is 16.7 Å². The van der Waals surface area contributed by atoms with Crippen LogP contribution in [0.4, 0.5) is 13.2 Å². The van der Waals surface area contributed by atoms with Gasteiger partial charge in [0.1, 0.15) is 5.75 Å². The van der Waals surface area contributed by atoms with Crippen molar-refractivity contribution in [1.82, 2.24) is 15.0 Å². The molecule has 1 atom stereocenters. The average molecular weight is 399 g/mol. The average Bonchev–Trinajstić information content (AvgIpc) is 3.06. The molecule has 5 nitrogen and oxygen atoms in total. The van der Waals surface area contributed by atoms with Gasteiger partial charge in [0.15, 0.2) is 12.4 Å². The van der Waals surface area contributed by atoms with Gasteiger partial charge in [0.05, 0.1) is 6.04 Å². The minimum absolute atomic E-state index is 0.0790. The topological polar surface area (TPSA) is 51.4 Å². The van der Waals surface area contributed by atoms with Gasteiger partial charge < -0.3 is 9.26 Å². The Morgan fingerprint density at radius 3 is 2.43 bits per heavy atom. The van der Waals surface area contributed by atoms with Gasteiger partial charge >= 0.3 is 6.18 Å². The van der Waals surface area contributed by atoms with Crippen LogP contribution in [0.5, 0.6) is 5.75 Å². The normalized spacial score (nSPS) is 13.2. The van der Waals surface area contributed by atoms with E-state index in [0.717, 1.165) is 30.7 Å². The first-order valence-corrected chi connectivity index (χ1v) is 9.43. The van der Waals surface area contributed by atoms with Gasteiger partial charge in [0.25, 0.3) is 0 Å². The Balaban J connectivity index is 2.04. The van der Waals surface area contributed by atoms with Crippen LogP contribution in [-0.4, -0.2) is 34.9 Å². The molecule has 0 bridgehead atoms. The fourth-order valence-electron chi connectivity index (χ4n) is 3.00. The van der Waals surface area contributed by atoms with Gasteiger partial charge in [0, 0.05) is 13.0 Å². The van der Waals surface area contributed by atoms with Crippen LogP contribution in [0, 0.1) is 13.8 Å². The highest BCUT2D eigenvalue weighted by atomic mass is 19.4. The van der Waals surface area contributed by atoms with Crippen molar-refractivity contribution in [3.05, 3.63) is 40.5 Å². The molecule has 156 valence electrons. The molecule has 1 unspecified atom stereocenters. The summed E-state index contributed by atoms with van der Waals surface area (Å²) in [6.45, 7) is 6.91. The Morgan fingerprint density at radius 1 is 1.21 bits per heavy atom. The predicted molar refractivity (Wildman–Crippen MR) is 100 cm³/mol. The van der Waals surface area contributed by atoms with E-state index < -0.39 is 12.8 Å². The number of benzene rings is 1. The second-order valence-corrected chi connectivity index (χ2v) is 7.21. The van der Waals surface area contributed by atoms with Crippen molar-refractivity contribution in [2.45, 2.75) is 65.7 Å². The maximum absolute atomic E-state index is 12.4. The van der Waals surface area contributed by atoms with E-state index in [0.29, 0.717) is 23.6 Å². The molecule has 0 saturated carbocycles. The molecule has 2 rings (SSSR count). The largest absolute Gasteiger partial charge is 0.484 e. The van der Waals surface area contributed by atoms with Crippen LogP contribution >= 0.6 is 0 Å². The van der Waals surface area contributed by atoms with E-state index >= 15 is 0 Å². The fraction of sp³-hybridized carbons (Fsp3) is 0.600. The summed E-state index contributed by atoms with van der Waals surface area (Å²) in [5.74, 6) is 1.57. The molecule has 0 spiro atoms. The zero-order valence-electron chi connectivity index (χ0n) is 17.1. The van der Waals surface area contributed by atoms with Gasteiger partial charge in [-0.25, -0.2) is 0 Å². The highest BCUT2D eigenvalue weighted by molar-refractivity contribution is 5.43. The summed E-state index contributed by atoms with van der Waals surface area (Å²) in [5.41, 5.74) is 2.34. The summed E-state index contributed by atoms with van der Waals surface area (Å²) < 4.78 is 47.6. The molecule has 0 fully saturated rings. The molecule has 0 aliphatic heterocycles. The lowest BCUT2D eigenvalue weighted by Gasteiger charge is -2.23. The minimum Gasteiger partial charge on any atom is -0.484 e. The zero-order valence-corrected chi connectivity index (χ0v) is 17.1. The number of aryl methyl sites for hydroxylation is 3. The van der Waals surface area contributed by atoms with E-state index in [1.165, 1.54) is 0 Å². The number of unbranched alkanes of at least 4 members (excludes halogenated alkanes) is 1. The number of nitrogens with zero attached hydrogens (tertiary/aromatic N) is 3. The number of alkyl halides is 3. The lowest BCUT2D eigenvalue weighted by atomic mass is 10.0. The van der Waals surface area contributed by atoms with E-state index in [2.05, 4.69) is 22.0 Å². The molecule has 0 aliphatic carbocycles. The highest BCUT2D eigenvalue weighted by Gasteiger charge is 2.29. The van der Waals surface area contributed by atoms with E-state index in [4.69, 9.17) is 9.26 Å². The van der Waals surface area contributed by atoms with Crippen molar-refractivity contribution in [3.63, 3.8) is 0 Å². The Labute approximate surface area is 163 Å². The summed E-state index contributed by atoms with van der Waals surface area (Å²) in [7, 11) is 1.94. The van der Waals surface area contributed by atoms with E-state index in [1.807, 2.05) is 26.1 Å². The zero-order chi connectivity index (χ0) is 20.9. The van der Waals surface area contributed by atoms with Crippen LogP contribution in [0.1, 0.15) is 61.1 Å². The second-order valence-electron chi connectivity index (χ2n) is 7.21. The van der Waals surface area contributed by atoms with Gasteiger partial charge in [-0.1, -0.05) is 30.6 Å². The number of hydrogen-bond donors (Lipinski definition) is 0. The van der Waals surface area contributed by atoms with Crippen LogP contribution in [0.25, 0.3) is 0 Å². The Kier molecular flexibility index (Phi) is 7.46. The lowest BCUT2D eigenvalue weighted by molar-refractivity contribution is -0.153. The molecule has 28 heavy (non-hydrogen) atoms. The standard InChI is InChI=1S/C20H28F3N3O2/c1-6-7-8-17-24-19(28-25-17)15(4)26(5)11-16-9-13(2)18(14(3)10-16)27-12-20(21,22)23/h9-10,15H,6-8,11-12H2,1-5H3. The first kappa shape index (κ1) is 22.2. The molecule has 1 heterocycles. The molecule has 0 radical (unpaired) electrons. The van der Waals surface area contributed by atoms with Gasteiger partial charge in [-0.2, -0.15) is 18.2 Å². The molecular formula is C20H28F3N3O2. The smallest absolute Gasteiger partial charge is 0.422 e. The minimum atomic E-state index is -4.35. The summed E-state index contributed by atoms with van der Waals surface area (Å²) in [5, 5.41) is 4.02. The molecule has 1 aromatic carbocycles. The maximum Gasteiger partial charge on any atom is 0.422 e. The fourth-order valence-corrected chi connectivity index (χ4v) is 3.00. The third-order valence-corrected chi connectivity index (χ3v) is 4.59. The molecule has 0 saturated heterocycles. The van der Waals surface area contributed by atoms with Crippen molar-refractivity contribution in [3.8, 4) is 5.75 Å². The summed E-state index contributed by atoms with van der Waals surface area (Å²) >= 11 is 0. The number of halogens is 3. The van der Waals surface area contributed by atoms with Gasteiger partial charge in [0.2, 0.25) is 5.89 Å². The lowest BCUT2D eigenvalue weighted by Crippen LogP contribution is -2.23. The SMILES string of the molecule is CCCCc1noc(C(C)N(C)Cc2cc(C)c(OCC(F)(F)F)c(C)c2)n1. The third kappa shape index (κ3) is 6.22. The van der Waals surface area contributed by atoms with Crippen LogP contribution < -0.4 is 4.74 Å². The van der Waals surface area contributed by atoms with Crippen LogP contribution in [0.3, 0.4) is 0 Å². The van der Waals surface area contributed by atoms with E-state index in [-0.39, 0.29) is 11.8 Å². The summed E-state index contributed by atoms with van der Waals surface area (Å²) in [6, 6.07) is 3.62. The second kappa shape index (κ2) is 9.41. The number of rotatable bonds is 9. The van der Waals surface area contributed by atoms with Crippen molar-refractivity contribution in [2.24, 2.45) is 0 Å². The molecule has 1 aromatic heterocycles. The predicted octanol–water partition coefficient (Wildman–Crippen LogP) is 5.16. The van der Waals surface area contributed by atoms with Gasteiger partial charge in [-0.15, -0.1) is 0 Å². The van der Waals surface area contributed by atoms with Crippen LogP contribution in [-0.2, 0) is 13.0 Å². The first-order chi connectivity index (χ1) is 13.1. The van der Waals surface area contributed by atoms with Gasteiger partial charge in [-0.05, 0) is 50.9 Å². The van der Waals surface area contributed by atoms with Crippen molar-refractivity contribution < 1.29 is 22.4 Å². The summed E-state index contributed by atoms with van der Waals surface area (Å²) in [6.07, 6.45) is -1.47. The van der Waals surface area contributed by atoms with Crippen molar-refractivity contribution in [2.75, 3.05) is 13.7 Å². The Hall–Kier alpha value is -2.09. The summed E-state index contributed by atoms with van der Waals surface area (Å²) in [4.78, 5) is 6.52. The molecule has 0 N–H and O–H groups in total. The van der Waals surface area contributed by atoms with Crippen LogP contribution in [0.2, 0.25) is 0 Å². The molecule has 8 heteroatoms. The highest BCUT2D eigenvalue weighted by Crippen LogP contribution is 2.28. The number of hydrogen-bond acceptors (Lipinski definition) is 5. The van der Waals surface area contributed by atoms with Crippen molar-refractivity contribution in [1.29, 1.82) is 0 Å². The van der Waals surface area contributed by atoms with Gasteiger partial charge in [-0.3, -0.25) is 4.90 Å². The van der Waals surface area contributed by atoms with E-state index in [9.17, 15) is 13.2 Å². The molecular weight excluding hydrogens is 371 g/mol. The Morgan fingerprint density at radius 2 is 1.86 bits per heavy atom. The number of ether oxygens (including phenoxy) is 1. The Bertz CT molecular complexity index is 751. The van der Waals surface area contributed by atoms with Crippen molar-refractivity contribution >= 4 is 0 Å².